The van der Waals surface area contributed by atoms with Gasteiger partial charge < -0.3 is 12.4 Å². The quantitative estimate of drug-likeness (QED) is 0.582. The van der Waals surface area contributed by atoms with Gasteiger partial charge in [-0.3, -0.25) is 9.80 Å². The second-order valence-corrected chi connectivity index (χ2v) is 7.66. The van der Waals surface area contributed by atoms with Crippen molar-refractivity contribution in [2.45, 2.75) is 6.04 Å². The topological polar surface area (TPSA) is 6.48 Å². The van der Waals surface area contributed by atoms with Crippen molar-refractivity contribution >= 4 is 6.08 Å². The van der Waals surface area contributed by atoms with E-state index in [1.54, 1.807) is 0 Å². The molecule has 0 saturated carbocycles. The Hall–Kier alpha value is -2.53. The number of hydrogen-bond donors (Lipinski definition) is 0. The molecule has 5 heteroatoms. The summed E-state index contributed by atoms with van der Waals surface area (Å²) in [6.07, 6.45) is 4.37. The van der Waals surface area contributed by atoms with Gasteiger partial charge in [-0.25, -0.2) is 8.78 Å². The molecule has 3 aromatic rings. The highest BCUT2D eigenvalue weighted by Crippen LogP contribution is 2.30. The van der Waals surface area contributed by atoms with Crippen molar-refractivity contribution in [1.82, 2.24) is 9.80 Å². The summed E-state index contributed by atoms with van der Waals surface area (Å²) >= 11 is 0. The Kier molecular flexibility index (Phi) is 8.35. The van der Waals surface area contributed by atoms with Crippen LogP contribution in [0.25, 0.3) is 6.08 Å². The zero-order valence-corrected chi connectivity index (χ0v) is 18.1. The summed E-state index contributed by atoms with van der Waals surface area (Å²) in [6, 6.07) is 23.6. The minimum absolute atomic E-state index is 0. The zero-order valence-electron chi connectivity index (χ0n) is 17.3. The second-order valence-electron chi connectivity index (χ2n) is 7.66. The Bertz CT molecular complexity index is 905. The van der Waals surface area contributed by atoms with Gasteiger partial charge in [-0.05, 0) is 41.0 Å². The van der Waals surface area contributed by atoms with Crippen molar-refractivity contribution in [3.8, 4) is 0 Å². The lowest BCUT2D eigenvalue weighted by atomic mass is 9.96. The van der Waals surface area contributed by atoms with Crippen LogP contribution in [-0.4, -0.2) is 42.5 Å². The summed E-state index contributed by atoms with van der Waals surface area (Å²) < 4.78 is 26.9. The van der Waals surface area contributed by atoms with E-state index in [1.807, 2.05) is 42.5 Å². The van der Waals surface area contributed by atoms with Crippen LogP contribution in [0.1, 0.15) is 22.7 Å². The molecule has 0 bridgehead atoms. The highest BCUT2D eigenvalue weighted by atomic mass is 35.5. The van der Waals surface area contributed by atoms with Crippen LogP contribution >= 0.6 is 0 Å². The zero-order chi connectivity index (χ0) is 20.8. The first-order valence-corrected chi connectivity index (χ1v) is 10.4. The first-order valence-electron chi connectivity index (χ1n) is 10.4. The van der Waals surface area contributed by atoms with Crippen LogP contribution in [0.15, 0.2) is 84.9 Å². The first kappa shape index (κ1) is 23.1. The van der Waals surface area contributed by atoms with E-state index in [9.17, 15) is 8.78 Å². The molecule has 1 fully saturated rings. The second kappa shape index (κ2) is 11.2. The number of rotatable bonds is 6. The summed E-state index contributed by atoms with van der Waals surface area (Å²) in [4.78, 5) is 4.83. The molecule has 162 valence electrons. The lowest BCUT2D eigenvalue weighted by molar-refractivity contribution is -0.00000714. The number of nitrogens with zero attached hydrogens (tertiary/aromatic N) is 2. The van der Waals surface area contributed by atoms with Crippen LogP contribution in [0.2, 0.25) is 0 Å². The van der Waals surface area contributed by atoms with Gasteiger partial charge in [-0.15, -0.1) is 0 Å². The normalized spacial score (nSPS) is 15.3. The lowest BCUT2D eigenvalue weighted by Crippen LogP contribution is -3.00. The molecular weight excluding hydrogens is 414 g/mol. The highest BCUT2D eigenvalue weighted by Gasteiger charge is 2.26. The largest absolute Gasteiger partial charge is 1.00 e. The predicted octanol–water partition coefficient (Wildman–Crippen LogP) is 2.39. The summed E-state index contributed by atoms with van der Waals surface area (Å²) in [5.41, 5.74) is 3.27. The van der Waals surface area contributed by atoms with E-state index in [1.165, 1.54) is 29.8 Å². The average molecular weight is 440 g/mol. The van der Waals surface area contributed by atoms with Gasteiger partial charge in [-0.1, -0.05) is 66.7 Å². The SMILES string of the molecule is Fc1ccc(C(c2ccc(F)cc2)N2CCN(CC=Cc3ccccc3)CC2)cc1.[Cl-]. The van der Waals surface area contributed by atoms with Crippen molar-refractivity contribution in [2.75, 3.05) is 32.7 Å². The van der Waals surface area contributed by atoms with Gasteiger partial charge in [0, 0.05) is 32.7 Å². The van der Waals surface area contributed by atoms with E-state index in [-0.39, 0.29) is 30.1 Å². The fraction of sp³-hybridized carbons (Fsp3) is 0.231. The third kappa shape index (κ3) is 6.23. The summed E-state index contributed by atoms with van der Waals surface area (Å²) in [6.45, 7) is 4.63. The molecule has 0 amide bonds. The van der Waals surface area contributed by atoms with E-state index < -0.39 is 0 Å². The van der Waals surface area contributed by atoms with E-state index in [0.717, 1.165) is 43.9 Å². The molecule has 0 radical (unpaired) electrons. The molecule has 0 aliphatic carbocycles. The molecule has 0 spiro atoms. The summed E-state index contributed by atoms with van der Waals surface area (Å²) in [7, 11) is 0. The van der Waals surface area contributed by atoms with Crippen LogP contribution < -0.4 is 12.4 Å². The van der Waals surface area contributed by atoms with Crippen molar-refractivity contribution in [2.24, 2.45) is 0 Å². The predicted molar refractivity (Wildman–Crippen MR) is 118 cm³/mol. The molecule has 31 heavy (non-hydrogen) atoms. The molecule has 0 unspecified atom stereocenters. The first-order chi connectivity index (χ1) is 14.7. The molecular formula is C26H26ClF2N2-. The molecule has 4 rings (SSSR count). The Labute approximate surface area is 189 Å². The van der Waals surface area contributed by atoms with Crippen LogP contribution in [0.5, 0.6) is 0 Å². The number of halogens is 3. The van der Waals surface area contributed by atoms with E-state index >= 15 is 0 Å². The third-order valence-electron chi connectivity index (χ3n) is 5.62. The standard InChI is InChI=1S/C26H26F2N2.ClH/c27-24-12-8-22(9-13-24)26(23-10-14-25(28)15-11-23)30-19-17-29(18-20-30)16-4-7-21-5-2-1-3-6-21;/h1-15,26H,16-20H2;1H/p-1. The van der Waals surface area contributed by atoms with Gasteiger partial charge in [0.2, 0.25) is 0 Å². The third-order valence-corrected chi connectivity index (χ3v) is 5.62. The number of piperazine rings is 1. The fourth-order valence-corrected chi connectivity index (χ4v) is 4.01. The Balaban J connectivity index is 0.00000272. The van der Waals surface area contributed by atoms with Crippen LogP contribution in [0.3, 0.4) is 0 Å². The van der Waals surface area contributed by atoms with Gasteiger partial charge in [0.15, 0.2) is 0 Å². The smallest absolute Gasteiger partial charge is 0.123 e. The molecule has 1 aliphatic heterocycles. The number of benzene rings is 3. The van der Waals surface area contributed by atoms with E-state index in [2.05, 4.69) is 34.1 Å². The Morgan fingerprint density at radius 3 is 1.74 bits per heavy atom. The maximum Gasteiger partial charge on any atom is 0.123 e. The van der Waals surface area contributed by atoms with Gasteiger partial charge >= 0.3 is 0 Å². The highest BCUT2D eigenvalue weighted by molar-refractivity contribution is 5.48. The van der Waals surface area contributed by atoms with Gasteiger partial charge in [-0.2, -0.15) is 0 Å². The summed E-state index contributed by atoms with van der Waals surface area (Å²) in [5.74, 6) is -0.488. The van der Waals surface area contributed by atoms with Crippen molar-refractivity contribution in [3.05, 3.63) is 113 Å². The monoisotopic (exact) mass is 439 g/mol. The van der Waals surface area contributed by atoms with E-state index in [4.69, 9.17) is 0 Å². The minimum Gasteiger partial charge on any atom is -1.00 e. The van der Waals surface area contributed by atoms with Crippen LogP contribution in [-0.2, 0) is 0 Å². The van der Waals surface area contributed by atoms with Crippen molar-refractivity contribution < 1.29 is 21.2 Å². The summed E-state index contributed by atoms with van der Waals surface area (Å²) in [5, 5.41) is 0. The lowest BCUT2D eigenvalue weighted by Gasteiger charge is -2.39. The average Bonchev–Trinajstić information content (AvgIpc) is 2.78. The maximum atomic E-state index is 13.5. The molecule has 1 saturated heterocycles. The number of hydrogen-bond acceptors (Lipinski definition) is 2. The molecule has 1 heterocycles. The molecule has 0 atom stereocenters. The fourth-order valence-electron chi connectivity index (χ4n) is 4.01. The Morgan fingerprint density at radius 2 is 1.23 bits per heavy atom. The van der Waals surface area contributed by atoms with E-state index in [0.29, 0.717) is 0 Å². The molecule has 0 aromatic heterocycles. The van der Waals surface area contributed by atoms with Gasteiger partial charge in [0.05, 0.1) is 6.04 Å². The minimum atomic E-state index is -0.244. The maximum absolute atomic E-state index is 13.5. The molecule has 1 aliphatic rings. The van der Waals surface area contributed by atoms with Gasteiger partial charge in [0.1, 0.15) is 11.6 Å². The van der Waals surface area contributed by atoms with Gasteiger partial charge in [0.25, 0.3) is 0 Å². The molecule has 0 N–H and O–H groups in total. The molecule has 2 nitrogen and oxygen atoms in total. The Morgan fingerprint density at radius 1 is 0.710 bits per heavy atom. The van der Waals surface area contributed by atoms with Crippen LogP contribution in [0.4, 0.5) is 8.78 Å². The van der Waals surface area contributed by atoms with Crippen LogP contribution in [0, 0.1) is 11.6 Å². The molecule has 3 aromatic carbocycles. The van der Waals surface area contributed by atoms with Crippen molar-refractivity contribution in [1.29, 1.82) is 0 Å². The van der Waals surface area contributed by atoms with Crippen molar-refractivity contribution in [3.63, 3.8) is 0 Å².